The van der Waals surface area contributed by atoms with Gasteiger partial charge in [0.15, 0.2) is 0 Å². The first-order chi connectivity index (χ1) is 9.18. The highest BCUT2D eigenvalue weighted by molar-refractivity contribution is 8.03. The predicted octanol–water partition coefficient (Wildman–Crippen LogP) is 2.64. The van der Waals surface area contributed by atoms with E-state index in [2.05, 4.69) is 59.4 Å². The van der Waals surface area contributed by atoms with Gasteiger partial charge >= 0.3 is 0 Å². The highest BCUT2D eigenvalue weighted by Crippen LogP contribution is 2.16. The molecule has 1 aliphatic heterocycles. The number of hydrogen-bond donors (Lipinski definition) is 1. The van der Waals surface area contributed by atoms with E-state index in [-0.39, 0.29) is 0 Å². The van der Waals surface area contributed by atoms with E-state index in [1.165, 1.54) is 40.0 Å². The van der Waals surface area contributed by atoms with Crippen LogP contribution in [0.15, 0.2) is 0 Å². The maximum atomic E-state index is 4.59. The lowest BCUT2D eigenvalue weighted by Gasteiger charge is -2.15. The molecule has 1 N–H and O–H groups in total. The Morgan fingerprint density at radius 1 is 1.21 bits per heavy atom. The molecule has 108 valence electrons. The standard InChI is InChI=1S/C14H25N3S2/c1-11-12(2)16-17(13(11)3)6-4-5-15-14-9-18-7-8-19-10-14/h14-15H,4-10H2,1-3H3. The lowest BCUT2D eigenvalue weighted by molar-refractivity contribution is 0.511. The highest BCUT2D eigenvalue weighted by Gasteiger charge is 2.12. The Kier molecular flexibility index (Phi) is 6.10. The zero-order valence-electron chi connectivity index (χ0n) is 12.2. The predicted molar refractivity (Wildman–Crippen MR) is 87.5 cm³/mol. The summed E-state index contributed by atoms with van der Waals surface area (Å²) in [5.74, 6) is 5.17. The van der Waals surface area contributed by atoms with Crippen LogP contribution in [0.3, 0.4) is 0 Å². The summed E-state index contributed by atoms with van der Waals surface area (Å²) in [5, 5.41) is 8.28. The number of nitrogens with one attached hydrogen (secondary N) is 1. The molecule has 19 heavy (non-hydrogen) atoms. The van der Waals surface area contributed by atoms with Crippen LogP contribution in [0.4, 0.5) is 0 Å². The van der Waals surface area contributed by atoms with Crippen LogP contribution in [0.5, 0.6) is 0 Å². The fourth-order valence-electron chi connectivity index (χ4n) is 2.27. The van der Waals surface area contributed by atoms with Gasteiger partial charge in [0.1, 0.15) is 0 Å². The third kappa shape index (κ3) is 4.43. The van der Waals surface area contributed by atoms with Crippen LogP contribution in [0.1, 0.15) is 23.4 Å². The van der Waals surface area contributed by atoms with Crippen LogP contribution in [0.25, 0.3) is 0 Å². The molecule has 0 aliphatic carbocycles. The van der Waals surface area contributed by atoms with Gasteiger partial charge < -0.3 is 5.32 Å². The van der Waals surface area contributed by atoms with Gasteiger partial charge in [-0.2, -0.15) is 28.6 Å². The summed E-state index contributed by atoms with van der Waals surface area (Å²) in [7, 11) is 0. The van der Waals surface area contributed by atoms with E-state index in [9.17, 15) is 0 Å². The first-order valence-electron chi connectivity index (χ1n) is 7.08. The Morgan fingerprint density at radius 3 is 2.47 bits per heavy atom. The number of aryl methyl sites for hydroxylation is 2. The largest absolute Gasteiger partial charge is 0.312 e. The molecule has 0 bridgehead atoms. The smallest absolute Gasteiger partial charge is 0.0625 e. The number of thioether (sulfide) groups is 2. The van der Waals surface area contributed by atoms with Crippen LogP contribution in [0, 0.1) is 20.8 Å². The molecular weight excluding hydrogens is 274 g/mol. The Balaban J connectivity index is 1.70. The molecule has 0 aromatic carbocycles. The first kappa shape index (κ1) is 15.3. The molecule has 0 amide bonds. The molecular formula is C14H25N3S2. The van der Waals surface area contributed by atoms with E-state index >= 15 is 0 Å². The number of hydrogen-bond acceptors (Lipinski definition) is 4. The lowest BCUT2D eigenvalue weighted by atomic mass is 10.2. The van der Waals surface area contributed by atoms with Crippen molar-refractivity contribution in [1.82, 2.24) is 15.1 Å². The van der Waals surface area contributed by atoms with Crippen LogP contribution in [-0.4, -0.2) is 45.4 Å². The summed E-state index contributed by atoms with van der Waals surface area (Å²) in [6.45, 7) is 8.55. The minimum Gasteiger partial charge on any atom is -0.312 e. The number of nitrogens with zero attached hydrogens (tertiary/aromatic N) is 2. The molecule has 2 rings (SSSR count). The second kappa shape index (κ2) is 7.60. The fraction of sp³-hybridized carbons (Fsp3) is 0.786. The molecule has 0 spiro atoms. The normalized spacial score (nSPS) is 17.6. The van der Waals surface area contributed by atoms with Crippen LogP contribution < -0.4 is 5.32 Å². The van der Waals surface area contributed by atoms with Gasteiger partial charge in [-0.25, -0.2) is 0 Å². The summed E-state index contributed by atoms with van der Waals surface area (Å²) in [6.07, 6.45) is 1.16. The van der Waals surface area contributed by atoms with E-state index < -0.39 is 0 Å². The van der Waals surface area contributed by atoms with E-state index in [0.717, 1.165) is 19.5 Å². The van der Waals surface area contributed by atoms with Gasteiger partial charge in [-0.05, 0) is 39.3 Å². The van der Waals surface area contributed by atoms with Crippen molar-refractivity contribution in [1.29, 1.82) is 0 Å². The van der Waals surface area contributed by atoms with Gasteiger partial charge in [0.2, 0.25) is 0 Å². The molecule has 0 atom stereocenters. The molecule has 2 heterocycles. The second-order valence-corrected chi connectivity index (χ2v) is 7.47. The summed E-state index contributed by atoms with van der Waals surface area (Å²) in [6, 6.07) is 0.694. The molecule has 0 unspecified atom stereocenters. The number of aromatic nitrogens is 2. The SMILES string of the molecule is Cc1nn(CCCNC2CSCCSC2)c(C)c1C. The van der Waals surface area contributed by atoms with Crippen LogP contribution in [-0.2, 0) is 6.54 Å². The number of rotatable bonds is 5. The summed E-state index contributed by atoms with van der Waals surface area (Å²) < 4.78 is 2.16. The Labute approximate surface area is 125 Å². The summed E-state index contributed by atoms with van der Waals surface area (Å²) in [5.41, 5.74) is 3.82. The zero-order chi connectivity index (χ0) is 13.7. The quantitative estimate of drug-likeness (QED) is 0.847. The molecule has 5 heteroatoms. The molecule has 1 aromatic heterocycles. The van der Waals surface area contributed by atoms with Crippen molar-refractivity contribution < 1.29 is 0 Å². The van der Waals surface area contributed by atoms with Gasteiger partial charge in [-0.1, -0.05) is 0 Å². The molecule has 0 radical (unpaired) electrons. The fourth-order valence-corrected chi connectivity index (χ4v) is 4.74. The van der Waals surface area contributed by atoms with E-state index in [1.54, 1.807) is 0 Å². The van der Waals surface area contributed by atoms with E-state index in [4.69, 9.17) is 0 Å². The average Bonchev–Trinajstić information content (AvgIpc) is 2.65. The minimum atomic E-state index is 0.694. The highest BCUT2D eigenvalue weighted by atomic mass is 32.2. The van der Waals surface area contributed by atoms with Crippen molar-refractivity contribution in [2.45, 2.75) is 39.8 Å². The maximum absolute atomic E-state index is 4.59. The monoisotopic (exact) mass is 299 g/mol. The zero-order valence-corrected chi connectivity index (χ0v) is 13.9. The van der Waals surface area contributed by atoms with Crippen molar-refractivity contribution in [3.8, 4) is 0 Å². The second-order valence-electron chi connectivity index (χ2n) is 5.17. The van der Waals surface area contributed by atoms with Crippen LogP contribution >= 0.6 is 23.5 Å². The van der Waals surface area contributed by atoms with Crippen molar-refractivity contribution in [3.63, 3.8) is 0 Å². The third-order valence-electron chi connectivity index (χ3n) is 3.73. The molecule has 1 aliphatic rings. The molecule has 1 saturated heterocycles. The Bertz CT molecular complexity index is 396. The van der Waals surface area contributed by atoms with Gasteiger partial charge in [-0.15, -0.1) is 0 Å². The van der Waals surface area contributed by atoms with Crippen molar-refractivity contribution in [2.75, 3.05) is 29.6 Å². The topological polar surface area (TPSA) is 29.9 Å². The van der Waals surface area contributed by atoms with Gasteiger partial charge in [0.05, 0.1) is 5.69 Å². The maximum Gasteiger partial charge on any atom is 0.0625 e. The summed E-state index contributed by atoms with van der Waals surface area (Å²) >= 11 is 4.17. The van der Waals surface area contributed by atoms with Crippen molar-refractivity contribution in [3.05, 3.63) is 17.0 Å². The molecule has 1 aromatic rings. The Morgan fingerprint density at radius 2 is 1.89 bits per heavy atom. The van der Waals surface area contributed by atoms with Crippen molar-refractivity contribution >= 4 is 23.5 Å². The average molecular weight is 300 g/mol. The van der Waals surface area contributed by atoms with E-state index in [0.29, 0.717) is 6.04 Å². The molecule has 3 nitrogen and oxygen atoms in total. The van der Waals surface area contributed by atoms with Crippen molar-refractivity contribution in [2.24, 2.45) is 0 Å². The molecule has 1 fully saturated rings. The van der Waals surface area contributed by atoms with Gasteiger partial charge in [0, 0.05) is 41.3 Å². The van der Waals surface area contributed by atoms with E-state index in [1.807, 2.05) is 0 Å². The third-order valence-corrected chi connectivity index (χ3v) is 6.25. The first-order valence-corrected chi connectivity index (χ1v) is 9.39. The summed E-state index contributed by atoms with van der Waals surface area (Å²) in [4.78, 5) is 0. The molecule has 0 saturated carbocycles. The lowest BCUT2D eigenvalue weighted by Crippen LogP contribution is -2.34. The van der Waals surface area contributed by atoms with Gasteiger partial charge in [-0.3, -0.25) is 4.68 Å². The minimum absolute atomic E-state index is 0.694. The van der Waals surface area contributed by atoms with Gasteiger partial charge in [0.25, 0.3) is 0 Å². The van der Waals surface area contributed by atoms with Crippen LogP contribution in [0.2, 0.25) is 0 Å². The Hall–Kier alpha value is -0.130.